The molecule has 0 bridgehead atoms. The van der Waals surface area contributed by atoms with Crippen molar-refractivity contribution in [2.24, 2.45) is 0 Å². The monoisotopic (exact) mass is 476 g/mol. The number of rotatable bonds is 7. The van der Waals surface area contributed by atoms with Gasteiger partial charge in [0.15, 0.2) is 5.16 Å². The van der Waals surface area contributed by atoms with Crippen molar-refractivity contribution in [1.29, 1.82) is 5.26 Å². The molecule has 0 spiro atoms. The number of amides is 1. The minimum absolute atomic E-state index is 0.0419. The van der Waals surface area contributed by atoms with Crippen molar-refractivity contribution in [2.75, 3.05) is 18.2 Å². The number of aromatic nitrogens is 4. The molecule has 0 atom stereocenters. The molecule has 0 saturated carbocycles. The Hall–Kier alpha value is -4.10. The fourth-order valence-electron chi connectivity index (χ4n) is 3.53. The molecule has 2 aromatic heterocycles. The molecule has 0 unspecified atom stereocenters. The van der Waals surface area contributed by atoms with Gasteiger partial charge in [0, 0.05) is 17.4 Å². The van der Waals surface area contributed by atoms with Gasteiger partial charge in [0.2, 0.25) is 5.91 Å². The Morgan fingerprint density at radius 1 is 1.21 bits per heavy atom. The zero-order valence-corrected chi connectivity index (χ0v) is 19.6. The van der Waals surface area contributed by atoms with Crippen LogP contribution >= 0.6 is 11.8 Å². The normalized spacial score (nSPS) is 10.7. The molecule has 0 radical (unpaired) electrons. The second-order valence-electron chi connectivity index (χ2n) is 7.38. The molecule has 1 amide bonds. The lowest BCUT2D eigenvalue weighted by atomic mass is 10.2. The number of carbonyl (C=O) groups is 1. The number of carbonyl (C=O) groups excluding carboxylic acids is 1. The van der Waals surface area contributed by atoms with Crippen LogP contribution in [0.1, 0.15) is 16.8 Å². The van der Waals surface area contributed by atoms with Gasteiger partial charge in [0.05, 0.1) is 24.1 Å². The van der Waals surface area contributed by atoms with E-state index >= 15 is 0 Å². The number of benzene rings is 2. The summed E-state index contributed by atoms with van der Waals surface area (Å²) in [6.07, 6.45) is 1.56. The van der Waals surface area contributed by atoms with Gasteiger partial charge in [-0.15, -0.1) is 10.2 Å². The van der Waals surface area contributed by atoms with Crippen molar-refractivity contribution in [2.45, 2.75) is 19.0 Å². The SMILES string of the molecule is COc1cccc(-n2cnnc2SCC(=O)Nc2c(C#N)c(C)c(C)n2-c2ccc(F)cc2)c1. The highest BCUT2D eigenvalue weighted by Crippen LogP contribution is 2.30. The Labute approximate surface area is 200 Å². The van der Waals surface area contributed by atoms with Crippen LogP contribution in [0.2, 0.25) is 0 Å². The van der Waals surface area contributed by atoms with Crippen LogP contribution in [0.5, 0.6) is 5.75 Å². The number of halogens is 1. The van der Waals surface area contributed by atoms with Crippen LogP contribution in [0.25, 0.3) is 11.4 Å². The first kappa shape index (κ1) is 23.1. The topological polar surface area (TPSA) is 97.8 Å². The molecule has 0 saturated heterocycles. The molecule has 34 heavy (non-hydrogen) atoms. The maximum absolute atomic E-state index is 13.4. The summed E-state index contributed by atoms with van der Waals surface area (Å²) in [4.78, 5) is 12.9. The molecule has 1 N–H and O–H groups in total. The Morgan fingerprint density at radius 2 is 1.97 bits per heavy atom. The van der Waals surface area contributed by atoms with E-state index in [0.29, 0.717) is 28.0 Å². The molecule has 0 aliphatic rings. The fraction of sp³-hybridized carbons (Fsp3) is 0.167. The lowest BCUT2D eigenvalue weighted by Crippen LogP contribution is -2.18. The molecule has 0 aliphatic heterocycles. The van der Waals surface area contributed by atoms with E-state index in [1.165, 1.54) is 23.9 Å². The van der Waals surface area contributed by atoms with Crippen LogP contribution in [0.15, 0.2) is 60.0 Å². The van der Waals surface area contributed by atoms with Gasteiger partial charge in [-0.1, -0.05) is 17.8 Å². The van der Waals surface area contributed by atoms with Gasteiger partial charge in [-0.2, -0.15) is 5.26 Å². The van der Waals surface area contributed by atoms with Gasteiger partial charge in [0.25, 0.3) is 0 Å². The van der Waals surface area contributed by atoms with Crippen LogP contribution in [-0.4, -0.2) is 38.1 Å². The summed E-state index contributed by atoms with van der Waals surface area (Å²) in [5.74, 6) is 0.399. The Balaban J connectivity index is 1.56. The lowest BCUT2D eigenvalue weighted by Gasteiger charge is -2.13. The van der Waals surface area contributed by atoms with Crippen molar-refractivity contribution < 1.29 is 13.9 Å². The van der Waals surface area contributed by atoms with Crippen LogP contribution in [0, 0.1) is 31.0 Å². The molecular formula is C24H21FN6O2S. The molecule has 172 valence electrons. The highest BCUT2D eigenvalue weighted by molar-refractivity contribution is 7.99. The average molecular weight is 477 g/mol. The molecule has 4 aromatic rings. The van der Waals surface area contributed by atoms with Gasteiger partial charge in [-0.3, -0.25) is 13.9 Å². The van der Waals surface area contributed by atoms with Gasteiger partial charge in [-0.25, -0.2) is 4.39 Å². The number of hydrogen-bond donors (Lipinski definition) is 1. The van der Waals surface area contributed by atoms with Crippen molar-refractivity contribution in [3.63, 3.8) is 0 Å². The molecule has 2 aromatic carbocycles. The molecule has 0 fully saturated rings. The van der Waals surface area contributed by atoms with E-state index < -0.39 is 0 Å². The Bertz CT molecular complexity index is 1390. The van der Waals surface area contributed by atoms with Crippen molar-refractivity contribution >= 4 is 23.5 Å². The number of anilines is 1. The number of nitrogens with zero attached hydrogens (tertiary/aromatic N) is 5. The number of thioether (sulfide) groups is 1. The second-order valence-corrected chi connectivity index (χ2v) is 8.32. The predicted octanol–water partition coefficient (Wildman–Crippen LogP) is 4.43. The zero-order chi connectivity index (χ0) is 24.2. The molecule has 0 aliphatic carbocycles. The van der Waals surface area contributed by atoms with Gasteiger partial charge >= 0.3 is 0 Å². The number of hydrogen-bond acceptors (Lipinski definition) is 6. The van der Waals surface area contributed by atoms with Crippen LogP contribution in [0.3, 0.4) is 0 Å². The third-order valence-corrected chi connectivity index (χ3v) is 6.29. The molecule has 2 heterocycles. The number of methoxy groups -OCH3 is 1. The maximum Gasteiger partial charge on any atom is 0.236 e. The zero-order valence-electron chi connectivity index (χ0n) is 18.7. The standard InChI is InChI=1S/C24H21FN6O2S/c1-15-16(2)31(18-9-7-17(25)8-10-18)23(21(15)12-26)28-22(32)13-34-24-29-27-14-30(24)19-5-4-6-20(11-19)33-3/h4-11,14H,13H2,1-3H3,(H,28,32). The molecule has 8 nitrogen and oxygen atoms in total. The number of nitrogens with one attached hydrogen (secondary N) is 1. The van der Waals surface area contributed by atoms with E-state index in [1.807, 2.05) is 38.1 Å². The Morgan fingerprint density at radius 3 is 2.68 bits per heavy atom. The quantitative estimate of drug-likeness (QED) is 0.397. The third-order valence-electron chi connectivity index (χ3n) is 5.35. The third kappa shape index (κ3) is 4.51. The van der Waals surface area contributed by atoms with Crippen molar-refractivity contribution in [3.8, 4) is 23.2 Å². The van der Waals surface area contributed by atoms with Gasteiger partial charge in [0.1, 0.15) is 29.8 Å². The summed E-state index contributed by atoms with van der Waals surface area (Å²) in [6.45, 7) is 3.66. The first-order valence-corrected chi connectivity index (χ1v) is 11.3. The minimum atomic E-state index is -0.368. The van der Waals surface area contributed by atoms with Crippen molar-refractivity contribution in [1.82, 2.24) is 19.3 Å². The highest BCUT2D eigenvalue weighted by Gasteiger charge is 2.21. The van der Waals surface area contributed by atoms with Gasteiger partial charge < -0.3 is 10.1 Å². The van der Waals surface area contributed by atoms with Crippen LogP contribution in [-0.2, 0) is 4.79 Å². The molecular weight excluding hydrogens is 455 g/mol. The maximum atomic E-state index is 13.4. The van der Waals surface area contributed by atoms with Crippen LogP contribution in [0.4, 0.5) is 10.2 Å². The second kappa shape index (κ2) is 9.80. The molecule has 10 heteroatoms. The van der Waals surface area contributed by atoms with E-state index in [1.54, 1.807) is 34.7 Å². The van der Waals surface area contributed by atoms with E-state index in [9.17, 15) is 14.4 Å². The first-order valence-electron chi connectivity index (χ1n) is 10.3. The number of nitriles is 1. The lowest BCUT2D eigenvalue weighted by molar-refractivity contribution is -0.113. The summed E-state index contributed by atoms with van der Waals surface area (Å²) in [5.41, 5.74) is 3.33. The highest BCUT2D eigenvalue weighted by atomic mass is 32.2. The van der Waals surface area contributed by atoms with E-state index in [2.05, 4.69) is 21.6 Å². The summed E-state index contributed by atoms with van der Waals surface area (Å²) in [5, 5.41) is 21.2. The summed E-state index contributed by atoms with van der Waals surface area (Å²) >= 11 is 1.21. The predicted molar refractivity (Wildman–Crippen MR) is 127 cm³/mol. The van der Waals surface area contributed by atoms with Crippen LogP contribution < -0.4 is 10.1 Å². The molecule has 4 rings (SSSR count). The smallest absolute Gasteiger partial charge is 0.236 e. The van der Waals surface area contributed by atoms with E-state index in [0.717, 1.165) is 16.9 Å². The first-order chi connectivity index (χ1) is 16.4. The Kier molecular flexibility index (Phi) is 6.65. The van der Waals surface area contributed by atoms with E-state index in [-0.39, 0.29) is 17.5 Å². The summed E-state index contributed by atoms with van der Waals surface area (Å²) in [7, 11) is 1.59. The minimum Gasteiger partial charge on any atom is -0.497 e. The van der Waals surface area contributed by atoms with Gasteiger partial charge in [-0.05, 0) is 55.8 Å². The average Bonchev–Trinajstić information content (AvgIpc) is 3.41. The largest absolute Gasteiger partial charge is 0.497 e. The fourth-order valence-corrected chi connectivity index (χ4v) is 4.26. The summed E-state index contributed by atoms with van der Waals surface area (Å²) in [6, 6.07) is 15.5. The summed E-state index contributed by atoms with van der Waals surface area (Å²) < 4.78 is 22.2. The van der Waals surface area contributed by atoms with Crippen molar-refractivity contribution in [3.05, 3.63) is 77.5 Å². The number of ether oxygens (including phenoxy) is 1. The van der Waals surface area contributed by atoms with E-state index in [4.69, 9.17) is 4.74 Å².